The van der Waals surface area contributed by atoms with E-state index < -0.39 is 17.6 Å². The number of fused-ring (bicyclic) bond motifs is 1. The lowest BCUT2D eigenvalue weighted by molar-refractivity contribution is -0.141. The first-order chi connectivity index (χ1) is 16.9. The number of hydrogen-bond acceptors (Lipinski definition) is 7. The SMILES string of the molecule is COCCC1(N)Oc2cc(C(=O)c3ccc(C=NN4CCCCC4)cc3)ccc2CC1CC(=O)O. The number of carboxylic acid groups (broad SMARTS) is 1. The number of hydrogen-bond donors (Lipinski definition) is 2. The lowest BCUT2D eigenvalue weighted by atomic mass is 9.82. The molecule has 1 saturated heterocycles. The summed E-state index contributed by atoms with van der Waals surface area (Å²) in [5, 5.41) is 16.0. The molecule has 0 aromatic heterocycles. The van der Waals surface area contributed by atoms with Crippen molar-refractivity contribution in [1.82, 2.24) is 5.01 Å². The summed E-state index contributed by atoms with van der Waals surface area (Å²) < 4.78 is 11.3. The molecule has 1 fully saturated rings. The second-order valence-electron chi connectivity index (χ2n) is 9.33. The fourth-order valence-corrected chi connectivity index (χ4v) is 4.69. The Morgan fingerprint density at radius 1 is 1.17 bits per heavy atom. The van der Waals surface area contributed by atoms with Crippen molar-refractivity contribution in [3.8, 4) is 5.75 Å². The van der Waals surface area contributed by atoms with Gasteiger partial charge in [-0.3, -0.25) is 20.3 Å². The van der Waals surface area contributed by atoms with Gasteiger partial charge in [0.05, 0.1) is 19.2 Å². The molecule has 8 nitrogen and oxygen atoms in total. The zero-order chi connectivity index (χ0) is 24.8. The Labute approximate surface area is 205 Å². The number of carbonyl (C=O) groups excluding carboxylic acids is 1. The molecule has 0 bridgehead atoms. The molecule has 2 aliphatic rings. The quantitative estimate of drug-likeness (QED) is 0.418. The normalized spacial score (nSPS) is 22.0. The third-order valence-corrected chi connectivity index (χ3v) is 6.78. The van der Waals surface area contributed by atoms with Gasteiger partial charge >= 0.3 is 5.97 Å². The minimum absolute atomic E-state index is 0.103. The van der Waals surface area contributed by atoms with Crippen LogP contribution in [0.3, 0.4) is 0 Å². The van der Waals surface area contributed by atoms with E-state index in [-0.39, 0.29) is 12.2 Å². The van der Waals surface area contributed by atoms with Crippen LogP contribution in [-0.2, 0) is 16.0 Å². The molecule has 0 spiro atoms. The number of aliphatic carboxylic acids is 1. The van der Waals surface area contributed by atoms with E-state index in [1.165, 1.54) is 19.3 Å². The van der Waals surface area contributed by atoms with Gasteiger partial charge in [0.1, 0.15) is 5.75 Å². The molecule has 2 heterocycles. The Balaban J connectivity index is 1.49. The molecule has 186 valence electrons. The predicted octanol–water partition coefficient (Wildman–Crippen LogP) is 3.45. The first kappa shape index (κ1) is 24.9. The van der Waals surface area contributed by atoms with Crippen LogP contribution >= 0.6 is 0 Å². The third kappa shape index (κ3) is 6.07. The molecule has 8 heteroatoms. The Bertz CT molecular complexity index is 1080. The highest BCUT2D eigenvalue weighted by Crippen LogP contribution is 2.38. The standard InChI is InChI=1S/C27H33N3O5/c1-34-14-11-27(28)23(17-25(31)32)15-21-9-10-22(16-24(21)35-27)26(33)20-7-5-19(6-8-20)18-29-30-12-3-2-4-13-30/h5-10,16,18,23H,2-4,11-15,17,28H2,1H3,(H,31,32). The largest absolute Gasteiger partial charge is 0.481 e. The van der Waals surface area contributed by atoms with Gasteiger partial charge in [-0.15, -0.1) is 0 Å². The summed E-state index contributed by atoms with van der Waals surface area (Å²) >= 11 is 0. The molecule has 4 rings (SSSR count). The summed E-state index contributed by atoms with van der Waals surface area (Å²) in [5.41, 5.74) is 8.18. The molecular weight excluding hydrogens is 446 g/mol. The smallest absolute Gasteiger partial charge is 0.303 e. The van der Waals surface area contributed by atoms with Crippen molar-refractivity contribution in [3.63, 3.8) is 0 Å². The van der Waals surface area contributed by atoms with Gasteiger partial charge in [0, 0.05) is 43.7 Å². The second kappa shape index (κ2) is 11.0. The van der Waals surface area contributed by atoms with E-state index in [4.69, 9.17) is 15.2 Å². The minimum atomic E-state index is -1.18. The topological polar surface area (TPSA) is 114 Å². The monoisotopic (exact) mass is 479 g/mol. The number of ether oxygens (including phenoxy) is 2. The Morgan fingerprint density at radius 2 is 1.89 bits per heavy atom. The van der Waals surface area contributed by atoms with Crippen molar-refractivity contribution in [1.29, 1.82) is 0 Å². The fourth-order valence-electron chi connectivity index (χ4n) is 4.69. The fraction of sp³-hybridized carbons (Fsp3) is 0.444. The summed E-state index contributed by atoms with van der Waals surface area (Å²) in [7, 11) is 1.56. The molecule has 2 aromatic carbocycles. The minimum Gasteiger partial charge on any atom is -0.481 e. The van der Waals surface area contributed by atoms with Crippen molar-refractivity contribution in [2.45, 2.75) is 44.2 Å². The van der Waals surface area contributed by atoms with Gasteiger partial charge in [-0.2, -0.15) is 5.10 Å². The summed E-state index contributed by atoms with van der Waals surface area (Å²) in [6.07, 6.45) is 6.15. The highest BCUT2D eigenvalue weighted by molar-refractivity contribution is 6.09. The highest BCUT2D eigenvalue weighted by Gasteiger charge is 2.42. The third-order valence-electron chi connectivity index (χ3n) is 6.78. The molecule has 0 aliphatic carbocycles. The molecule has 0 radical (unpaired) electrons. The van der Waals surface area contributed by atoms with Crippen molar-refractivity contribution < 1.29 is 24.2 Å². The molecular formula is C27H33N3O5. The van der Waals surface area contributed by atoms with Gasteiger partial charge in [-0.05, 0) is 42.9 Å². The van der Waals surface area contributed by atoms with Crippen LogP contribution in [0.25, 0.3) is 0 Å². The highest BCUT2D eigenvalue weighted by atomic mass is 16.5. The van der Waals surface area contributed by atoms with Crippen LogP contribution in [0.4, 0.5) is 0 Å². The maximum absolute atomic E-state index is 13.2. The Kier molecular flexibility index (Phi) is 7.83. The molecule has 0 saturated carbocycles. The maximum Gasteiger partial charge on any atom is 0.303 e. The number of benzene rings is 2. The first-order valence-corrected chi connectivity index (χ1v) is 12.1. The van der Waals surface area contributed by atoms with Crippen LogP contribution < -0.4 is 10.5 Å². The van der Waals surface area contributed by atoms with Crippen molar-refractivity contribution >= 4 is 18.0 Å². The zero-order valence-electron chi connectivity index (χ0n) is 20.1. The molecule has 35 heavy (non-hydrogen) atoms. The average Bonchev–Trinajstić information content (AvgIpc) is 2.87. The summed E-state index contributed by atoms with van der Waals surface area (Å²) in [5.74, 6) is -0.932. The lowest BCUT2D eigenvalue weighted by Gasteiger charge is -2.41. The summed E-state index contributed by atoms with van der Waals surface area (Å²) in [6, 6.07) is 12.7. The summed E-state index contributed by atoms with van der Waals surface area (Å²) in [4.78, 5) is 24.6. The van der Waals surface area contributed by atoms with Crippen molar-refractivity contribution in [2.75, 3.05) is 26.8 Å². The molecule has 2 atom stereocenters. The predicted molar refractivity (Wildman–Crippen MR) is 133 cm³/mol. The van der Waals surface area contributed by atoms with Gasteiger partial charge in [-0.25, -0.2) is 0 Å². The number of nitrogens with zero attached hydrogens (tertiary/aromatic N) is 2. The number of nitrogens with two attached hydrogens (primary N) is 1. The number of carboxylic acids is 1. The van der Waals surface area contributed by atoms with E-state index in [0.717, 1.165) is 24.2 Å². The first-order valence-electron chi connectivity index (χ1n) is 12.1. The van der Waals surface area contributed by atoms with Crippen LogP contribution in [0.2, 0.25) is 0 Å². The number of rotatable bonds is 9. The van der Waals surface area contributed by atoms with Crippen LogP contribution in [0.15, 0.2) is 47.6 Å². The van der Waals surface area contributed by atoms with Gasteiger partial charge in [-0.1, -0.05) is 36.4 Å². The van der Waals surface area contributed by atoms with Crippen LogP contribution in [0.1, 0.15) is 59.2 Å². The summed E-state index contributed by atoms with van der Waals surface area (Å²) in [6.45, 7) is 2.31. The van der Waals surface area contributed by atoms with Gasteiger partial charge < -0.3 is 14.6 Å². The van der Waals surface area contributed by atoms with Crippen LogP contribution in [0, 0.1) is 5.92 Å². The Morgan fingerprint density at radius 3 is 2.57 bits per heavy atom. The molecule has 2 aromatic rings. The van der Waals surface area contributed by atoms with Crippen molar-refractivity contribution in [2.24, 2.45) is 16.8 Å². The van der Waals surface area contributed by atoms with E-state index in [1.807, 2.05) is 24.4 Å². The number of ketones is 1. The maximum atomic E-state index is 13.2. The van der Waals surface area contributed by atoms with Crippen LogP contribution in [-0.4, -0.2) is 60.6 Å². The molecule has 3 N–H and O–H groups in total. The van der Waals surface area contributed by atoms with E-state index in [9.17, 15) is 14.7 Å². The van der Waals surface area contributed by atoms with Gasteiger partial charge in [0.25, 0.3) is 0 Å². The molecule has 2 aliphatic heterocycles. The average molecular weight is 480 g/mol. The second-order valence-corrected chi connectivity index (χ2v) is 9.33. The van der Waals surface area contributed by atoms with Crippen LogP contribution in [0.5, 0.6) is 5.75 Å². The van der Waals surface area contributed by atoms with E-state index in [1.54, 1.807) is 31.4 Å². The number of piperidine rings is 1. The molecule has 2 unspecified atom stereocenters. The van der Waals surface area contributed by atoms with E-state index in [0.29, 0.717) is 36.3 Å². The molecule has 0 amide bonds. The Hall–Kier alpha value is -3.23. The number of methoxy groups -OCH3 is 1. The lowest BCUT2D eigenvalue weighted by Crippen LogP contribution is -2.56. The van der Waals surface area contributed by atoms with Crippen molar-refractivity contribution in [3.05, 3.63) is 64.7 Å². The van der Waals surface area contributed by atoms with E-state index >= 15 is 0 Å². The number of hydrazone groups is 1. The zero-order valence-corrected chi connectivity index (χ0v) is 20.1. The van der Waals surface area contributed by atoms with E-state index in [2.05, 4.69) is 10.1 Å². The number of carbonyl (C=O) groups is 2. The van der Waals surface area contributed by atoms with Gasteiger partial charge in [0.2, 0.25) is 0 Å². The van der Waals surface area contributed by atoms with Gasteiger partial charge in [0.15, 0.2) is 11.5 Å².